The molecule has 3 nitrogen and oxygen atoms in total. The maximum absolute atomic E-state index is 10.8. The molecule has 0 bridgehead atoms. The van der Waals surface area contributed by atoms with E-state index in [1.54, 1.807) is 0 Å². The summed E-state index contributed by atoms with van der Waals surface area (Å²) in [6, 6.07) is 7.74. The zero-order chi connectivity index (χ0) is 13.9. The summed E-state index contributed by atoms with van der Waals surface area (Å²) in [6.45, 7) is 1.75. The number of thioether (sulfide) groups is 1. The van der Waals surface area contributed by atoms with Gasteiger partial charge in [-0.1, -0.05) is 30.7 Å². The lowest BCUT2D eigenvalue weighted by Crippen LogP contribution is -2.16. The van der Waals surface area contributed by atoms with Gasteiger partial charge in [-0.05, 0) is 42.5 Å². The SMILES string of the molecule is CSCCCCCNCc1ccccc1CC(=O)O. The molecule has 1 rings (SSSR count). The molecule has 0 atom stereocenters. The van der Waals surface area contributed by atoms with Crippen LogP contribution in [0.4, 0.5) is 0 Å². The number of hydrogen-bond acceptors (Lipinski definition) is 3. The fourth-order valence-electron chi connectivity index (χ4n) is 1.96. The Morgan fingerprint density at radius 1 is 1.21 bits per heavy atom. The van der Waals surface area contributed by atoms with Gasteiger partial charge in [0.2, 0.25) is 0 Å². The number of carboxylic acids is 1. The summed E-state index contributed by atoms with van der Waals surface area (Å²) in [4.78, 5) is 10.8. The molecular formula is C15H23NO2S. The predicted molar refractivity (Wildman–Crippen MR) is 81.7 cm³/mol. The van der Waals surface area contributed by atoms with E-state index in [9.17, 15) is 4.79 Å². The molecule has 0 fully saturated rings. The van der Waals surface area contributed by atoms with Crippen molar-refractivity contribution in [3.8, 4) is 0 Å². The zero-order valence-electron chi connectivity index (χ0n) is 11.5. The van der Waals surface area contributed by atoms with Crippen LogP contribution in [0.5, 0.6) is 0 Å². The van der Waals surface area contributed by atoms with E-state index in [1.807, 2.05) is 36.0 Å². The second kappa shape index (κ2) is 9.87. The van der Waals surface area contributed by atoms with Gasteiger partial charge in [-0.3, -0.25) is 4.79 Å². The second-order valence-electron chi connectivity index (χ2n) is 4.57. The topological polar surface area (TPSA) is 49.3 Å². The number of hydrogen-bond donors (Lipinski definition) is 2. The van der Waals surface area contributed by atoms with Crippen molar-refractivity contribution in [1.82, 2.24) is 5.32 Å². The van der Waals surface area contributed by atoms with Crippen LogP contribution in [0.1, 0.15) is 30.4 Å². The number of rotatable bonds is 10. The number of aliphatic carboxylic acids is 1. The molecular weight excluding hydrogens is 258 g/mol. The third kappa shape index (κ3) is 7.23. The van der Waals surface area contributed by atoms with Crippen LogP contribution in [0.3, 0.4) is 0 Å². The smallest absolute Gasteiger partial charge is 0.307 e. The normalized spacial score (nSPS) is 10.6. The molecule has 0 unspecified atom stereocenters. The number of unbranched alkanes of at least 4 members (excludes halogenated alkanes) is 2. The van der Waals surface area contributed by atoms with Gasteiger partial charge in [-0.25, -0.2) is 0 Å². The molecule has 4 heteroatoms. The lowest BCUT2D eigenvalue weighted by molar-refractivity contribution is -0.136. The molecule has 0 amide bonds. The molecule has 0 aliphatic carbocycles. The highest BCUT2D eigenvalue weighted by molar-refractivity contribution is 7.98. The van der Waals surface area contributed by atoms with Crippen molar-refractivity contribution in [2.75, 3.05) is 18.6 Å². The number of carboxylic acid groups (broad SMARTS) is 1. The van der Waals surface area contributed by atoms with Crippen LogP contribution in [0.25, 0.3) is 0 Å². The minimum Gasteiger partial charge on any atom is -0.481 e. The second-order valence-corrected chi connectivity index (χ2v) is 5.56. The lowest BCUT2D eigenvalue weighted by atomic mass is 10.0. The monoisotopic (exact) mass is 281 g/mol. The van der Waals surface area contributed by atoms with Crippen molar-refractivity contribution in [3.05, 3.63) is 35.4 Å². The highest BCUT2D eigenvalue weighted by atomic mass is 32.2. The lowest BCUT2D eigenvalue weighted by Gasteiger charge is -2.09. The summed E-state index contributed by atoms with van der Waals surface area (Å²) in [5, 5.41) is 12.3. The molecule has 0 spiro atoms. The van der Waals surface area contributed by atoms with E-state index in [2.05, 4.69) is 11.6 Å². The van der Waals surface area contributed by atoms with Crippen molar-refractivity contribution < 1.29 is 9.90 Å². The van der Waals surface area contributed by atoms with Crippen LogP contribution < -0.4 is 5.32 Å². The summed E-state index contributed by atoms with van der Waals surface area (Å²) in [7, 11) is 0. The Bertz CT molecular complexity index is 382. The van der Waals surface area contributed by atoms with E-state index in [4.69, 9.17) is 5.11 Å². The van der Waals surface area contributed by atoms with Gasteiger partial charge in [0.1, 0.15) is 0 Å². The summed E-state index contributed by atoms with van der Waals surface area (Å²) in [6.07, 6.45) is 5.95. The highest BCUT2D eigenvalue weighted by Gasteiger charge is 2.05. The zero-order valence-corrected chi connectivity index (χ0v) is 12.3. The van der Waals surface area contributed by atoms with Gasteiger partial charge in [-0.15, -0.1) is 0 Å². The molecule has 19 heavy (non-hydrogen) atoms. The highest BCUT2D eigenvalue weighted by Crippen LogP contribution is 2.09. The first-order chi connectivity index (χ1) is 9.24. The fraction of sp³-hybridized carbons (Fsp3) is 0.533. The largest absolute Gasteiger partial charge is 0.481 e. The van der Waals surface area contributed by atoms with Gasteiger partial charge in [-0.2, -0.15) is 11.8 Å². The van der Waals surface area contributed by atoms with Crippen LogP contribution in [0, 0.1) is 0 Å². The van der Waals surface area contributed by atoms with Crippen molar-refractivity contribution in [1.29, 1.82) is 0 Å². The molecule has 0 aromatic heterocycles. The summed E-state index contributed by atoms with van der Waals surface area (Å²) >= 11 is 1.89. The number of benzene rings is 1. The first-order valence-electron chi connectivity index (χ1n) is 6.72. The Morgan fingerprint density at radius 2 is 1.95 bits per heavy atom. The van der Waals surface area contributed by atoms with E-state index >= 15 is 0 Å². The molecule has 0 radical (unpaired) electrons. The molecule has 1 aromatic carbocycles. The summed E-state index contributed by atoms with van der Waals surface area (Å²) in [5.41, 5.74) is 2.00. The maximum Gasteiger partial charge on any atom is 0.307 e. The Hall–Kier alpha value is -1.00. The van der Waals surface area contributed by atoms with Crippen LogP contribution in [-0.2, 0) is 17.8 Å². The first kappa shape index (κ1) is 16.1. The Labute approximate surface area is 119 Å². The van der Waals surface area contributed by atoms with Gasteiger partial charge < -0.3 is 10.4 Å². The van der Waals surface area contributed by atoms with Gasteiger partial charge in [0.05, 0.1) is 6.42 Å². The summed E-state index contributed by atoms with van der Waals surface area (Å²) < 4.78 is 0. The van der Waals surface area contributed by atoms with Gasteiger partial charge in [0, 0.05) is 6.54 Å². The van der Waals surface area contributed by atoms with Crippen LogP contribution in [0.2, 0.25) is 0 Å². The van der Waals surface area contributed by atoms with Crippen molar-refractivity contribution in [2.24, 2.45) is 0 Å². The fourth-order valence-corrected chi connectivity index (χ4v) is 2.45. The van der Waals surface area contributed by atoms with E-state index < -0.39 is 5.97 Å². The van der Waals surface area contributed by atoms with Gasteiger partial charge in [0.15, 0.2) is 0 Å². The molecule has 106 valence electrons. The standard InChI is InChI=1S/C15H23NO2S/c1-19-10-6-2-5-9-16-12-14-8-4-3-7-13(14)11-15(17)18/h3-4,7-8,16H,2,5-6,9-12H2,1H3,(H,17,18). The molecule has 0 aliphatic heterocycles. The van der Waals surface area contributed by atoms with Crippen molar-refractivity contribution in [2.45, 2.75) is 32.2 Å². The Kier molecular flexibility index (Phi) is 8.34. The molecule has 0 saturated heterocycles. The van der Waals surface area contributed by atoms with Crippen molar-refractivity contribution in [3.63, 3.8) is 0 Å². The minimum absolute atomic E-state index is 0.103. The maximum atomic E-state index is 10.8. The van der Waals surface area contributed by atoms with Gasteiger partial charge in [0.25, 0.3) is 0 Å². The molecule has 2 N–H and O–H groups in total. The number of carbonyl (C=O) groups is 1. The van der Waals surface area contributed by atoms with Crippen molar-refractivity contribution >= 4 is 17.7 Å². The molecule has 0 heterocycles. The number of nitrogens with one attached hydrogen (secondary N) is 1. The van der Waals surface area contributed by atoms with E-state index in [0.717, 1.165) is 24.2 Å². The molecule has 0 saturated carbocycles. The van der Waals surface area contributed by atoms with E-state index in [-0.39, 0.29) is 6.42 Å². The molecule has 1 aromatic rings. The average Bonchev–Trinajstić information content (AvgIpc) is 2.39. The Morgan fingerprint density at radius 3 is 2.63 bits per heavy atom. The quantitative estimate of drug-likeness (QED) is 0.647. The van der Waals surface area contributed by atoms with Gasteiger partial charge >= 0.3 is 5.97 Å². The third-order valence-electron chi connectivity index (χ3n) is 2.98. The predicted octanol–water partition coefficient (Wildman–Crippen LogP) is 2.94. The van der Waals surface area contributed by atoms with Crippen LogP contribution in [0.15, 0.2) is 24.3 Å². The van der Waals surface area contributed by atoms with Crippen LogP contribution >= 0.6 is 11.8 Å². The first-order valence-corrected chi connectivity index (χ1v) is 8.11. The molecule has 0 aliphatic rings. The summed E-state index contributed by atoms with van der Waals surface area (Å²) in [5.74, 6) is 0.464. The third-order valence-corrected chi connectivity index (χ3v) is 3.67. The minimum atomic E-state index is -0.774. The Balaban J connectivity index is 2.26. The van der Waals surface area contributed by atoms with Crippen LogP contribution in [-0.4, -0.2) is 29.6 Å². The van der Waals surface area contributed by atoms with E-state index in [1.165, 1.54) is 25.0 Å². The van der Waals surface area contributed by atoms with E-state index in [0.29, 0.717) is 0 Å². The average molecular weight is 281 g/mol.